The highest BCUT2D eigenvalue weighted by molar-refractivity contribution is 5.89. The van der Waals surface area contributed by atoms with Gasteiger partial charge in [-0.3, -0.25) is 0 Å². The standard InChI is InChI=1S/C10H13NO3/c1-6-2-3-7(9(11)5-12)8(4-6)10(13)14/h2-4,9,12H,5,11H2,1H3,(H,13,14)/t9-/m0/s1. The van der Waals surface area contributed by atoms with Crippen molar-refractivity contribution in [2.45, 2.75) is 13.0 Å². The monoisotopic (exact) mass is 195 g/mol. The predicted molar refractivity (Wildman–Crippen MR) is 52.2 cm³/mol. The maximum atomic E-state index is 10.9. The lowest BCUT2D eigenvalue weighted by molar-refractivity contribution is 0.0694. The smallest absolute Gasteiger partial charge is 0.336 e. The zero-order valence-corrected chi connectivity index (χ0v) is 7.90. The number of carboxylic acid groups (broad SMARTS) is 1. The lowest BCUT2D eigenvalue weighted by atomic mass is 9.99. The Bertz CT molecular complexity index is 349. The number of carboxylic acids is 1. The third-order valence-electron chi connectivity index (χ3n) is 2.04. The number of aromatic carboxylic acids is 1. The van der Waals surface area contributed by atoms with Gasteiger partial charge in [-0.2, -0.15) is 0 Å². The summed E-state index contributed by atoms with van der Waals surface area (Å²) in [6, 6.07) is 4.33. The summed E-state index contributed by atoms with van der Waals surface area (Å²) in [5.74, 6) is -1.02. The number of rotatable bonds is 3. The predicted octanol–water partition coefficient (Wildman–Crippen LogP) is 0.685. The molecule has 14 heavy (non-hydrogen) atoms. The van der Waals surface area contributed by atoms with Crippen molar-refractivity contribution in [1.29, 1.82) is 0 Å². The molecule has 0 aliphatic carbocycles. The molecular formula is C10H13NO3. The Hall–Kier alpha value is -1.39. The Morgan fingerprint density at radius 3 is 2.71 bits per heavy atom. The Morgan fingerprint density at radius 2 is 2.21 bits per heavy atom. The Morgan fingerprint density at radius 1 is 1.57 bits per heavy atom. The van der Waals surface area contributed by atoms with E-state index in [-0.39, 0.29) is 12.2 Å². The van der Waals surface area contributed by atoms with Crippen molar-refractivity contribution in [2.75, 3.05) is 6.61 Å². The molecule has 0 heterocycles. The third kappa shape index (κ3) is 2.10. The molecule has 1 aromatic carbocycles. The van der Waals surface area contributed by atoms with Crippen LogP contribution in [-0.4, -0.2) is 22.8 Å². The van der Waals surface area contributed by atoms with Gasteiger partial charge in [0.25, 0.3) is 0 Å². The van der Waals surface area contributed by atoms with Gasteiger partial charge in [0, 0.05) is 0 Å². The highest BCUT2D eigenvalue weighted by Gasteiger charge is 2.14. The summed E-state index contributed by atoms with van der Waals surface area (Å²) in [6.07, 6.45) is 0. The normalized spacial score (nSPS) is 12.5. The van der Waals surface area contributed by atoms with Crippen LogP contribution in [0.25, 0.3) is 0 Å². The van der Waals surface area contributed by atoms with E-state index in [2.05, 4.69) is 0 Å². The van der Waals surface area contributed by atoms with Gasteiger partial charge in [-0.1, -0.05) is 17.7 Å². The van der Waals surface area contributed by atoms with Crippen LogP contribution in [0, 0.1) is 6.92 Å². The first-order chi connectivity index (χ1) is 6.56. The van der Waals surface area contributed by atoms with E-state index in [1.54, 1.807) is 25.1 Å². The van der Waals surface area contributed by atoms with Gasteiger partial charge in [-0.15, -0.1) is 0 Å². The molecule has 0 fully saturated rings. The number of aryl methyl sites for hydroxylation is 1. The summed E-state index contributed by atoms with van der Waals surface area (Å²) >= 11 is 0. The average molecular weight is 195 g/mol. The maximum Gasteiger partial charge on any atom is 0.336 e. The quantitative estimate of drug-likeness (QED) is 0.662. The Labute approximate surface area is 82.0 Å². The molecule has 1 rings (SSSR count). The second-order valence-corrected chi connectivity index (χ2v) is 3.18. The summed E-state index contributed by atoms with van der Waals surface area (Å²) in [4.78, 5) is 10.9. The van der Waals surface area contributed by atoms with E-state index in [0.29, 0.717) is 5.56 Å². The van der Waals surface area contributed by atoms with Gasteiger partial charge >= 0.3 is 5.97 Å². The van der Waals surface area contributed by atoms with Gasteiger partial charge in [0.05, 0.1) is 18.2 Å². The van der Waals surface area contributed by atoms with Crippen LogP contribution in [0.2, 0.25) is 0 Å². The molecule has 0 unspecified atom stereocenters. The van der Waals surface area contributed by atoms with Crippen molar-refractivity contribution in [1.82, 2.24) is 0 Å². The number of hydrogen-bond acceptors (Lipinski definition) is 3. The first-order valence-corrected chi connectivity index (χ1v) is 4.26. The molecular weight excluding hydrogens is 182 g/mol. The molecule has 0 saturated carbocycles. The minimum absolute atomic E-state index is 0.159. The van der Waals surface area contributed by atoms with Gasteiger partial charge in [0.1, 0.15) is 0 Å². The first kappa shape index (κ1) is 10.7. The molecule has 0 saturated heterocycles. The van der Waals surface area contributed by atoms with E-state index in [0.717, 1.165) is 5.56 Å². The second kappa shape index (κ2) is 4.21. The second-order valence-electron chi connectivity index (χ2n) is 3.18. The van der Waals surface area contributed by atoms with Gasteiger partial charge < -0.3 is 15.9 Å². The molecule has 0 aliphatic heterocycles. The van der Waals surface area contributed by atoms with Gasteiger partial charge in [0.15, 0.2) is 0 Å². The van der Waals surface area contributed by atoms with Gasteiger partial charge in [0.2, 0.25) is 0 Å². The number of hydrogen-bond donors (Lipinski definition) is 3. The zero-order chi connectivity index (χ0) is 10.7. The number of aliphatic hydroxyl groups excluding tert-OH is 1. The molecule has 4 N–H and O–H groups in total. The average Bonchev–Trinajstić information content (AvgIpc) is 2.16. The van der Waals surface area contributed by atoms with Crippen LogP contribution in [0.4, 0.5) is 0 Å². The number of aliphatic hydroxyl groups is 1. The van der Waals surface area contributed by atoms with Crippen molar-refractivity contribution < 1.29 is 15.0 Å². The van der Waals surface area contributed by atoms with E-state index in [9.17, 15) is 4.79 Å². The minimum Gasteiger partial charge on any atom is -0.478 e. The fourth-order valence-corrected chi connectivity index (χ4v) is 1.28. The summed E-state index contributed by atoms with van der Waals surface area (Å²) in [5, 5.41) is 17.7. The van der Waals surface area contributed by atoms with E-state index >= 15 is 0 Å². The first-order valence-electron chi connectivity index (χ1n) is 4.26. The zero-order valence-electron chi connectivity index (χ0n) is 7.90. The summed E-state index contributed by atoms with van der Waals surface area (Å²) in [7, 11) is 0. The van der Waals surface area contributed by atoms with Gasteiger partial charge in [-0.25, -0.2) is 4.79 Å². The van der Waals surface area contributed by atoms with Gasteiger partial charge in [-0.05, 0) is 18.6 Å². The van der Waals surface area contributed by atoms with Crippen molar-refractivity contribution in [2.24, 2.45) is 5.73 Å². The SMILES string of the molecule is Cc1ccc([C@@H](N)CO)c(C(=O)O)c1. The van der Waals surface area contributed by atoms with Crippen LogP contribution in [0.3, 0.4) is 0 Å². The molecule has 4 heteroatoms. The summed E-state index contributed by atoms with van der Waals surface area (Å²) < 4.78 is 0. The van der Waals surface area contributed by atoms with Crippen molar-refractivity contribution in [3.8, 4) is 0 Å². The largest absolute Gasteiger partial charge is 0.478 e. The van der Waals surface area contributed by atoms with Crippen LogP contribution in [0.5, 0.6) is 0 Å². The van der Waals surface area contributed by atoms with Crippen LogP contribution in [0.1, 0.15) is 27.5 Å². The van der Waals surface area contributed by atoms with Crippen molar-refractivity contribution in [3.63, 3.8) is 0 Å². The van der Waals surface area contributed by atoms with Crippen LogP contribution in [-0.2, 0) is 0 Å². The molecule has 0 aliphatic rings. The molecule has 76 valence electrons. The van der Waals surface area contributed by atoms with E-state index < -0.39 is 12.0 Å². The van der Waals surface area contributed by atoms with Crippen molar-refractivity contribution in [3.05, 3.63) is 34.9 Å². The molecule has 0 spiro atoms. The molecule has 0 radical (unpaired) electrons. The van der Waals surface area contributed by atoms with Crippen LogP contribution in [0.15, 0.2) is 18.2 Å². The highest BCUT2D eigenvalue weighted by Crippen LogP contribution is 2.17. The molecule has 1 atom stereocenters. The minimum atomic E-state index is -1.02. The molecule has 4 nitrogen and oxygen atoms in total. The van der Waals surface area contributed by atoms with Crippen LogP contribution < -0.4 is 5.73 Å². The fraction of sp³-hybridized carbons (Fsp3) is 0.300. The Kier molecular flexibility index (Phi) is 3.22. The molecule has 0 aromatic heterocycles. The summed E-state index contributed by atoms with van der Waals surface area (Å²) in [6.45, 7) is 1.55. The summed E-state index contributed by atoms with van der Waals surface area (Å²) in [5.41, 5.74) is 7.05. The topological polar surface area (TPSA) is 83.5 Å². The highest BCUT2D eigenvalue weighted by atomic mass is 16.4. The third-order valence-corrected chi connectivity index (χ3v) is 2.04. The lowest BCUT2D eigenvalue weighted by Gasteiger charge is -2.12. The molecule has 0 amide bonds. The number of nitrogens with two attached hydrogens (primary N) is 1. The number of carbonyl (C=O) groups is 1. The van der Waals surface area contributed by atoms with E-state index in [1.165, 1.54) is 0 Å². The maximum absolute atomic E-state index is 10.9. The lowest BCUT2D eigenvalue weighted by Crippen LogP contribution is -2.18. The van der Waals surface area contributed by atoms with E-state index in [1.807, 2.05) is 0 Å². The fourth-order valence-electron chi connectivity index (χ4n) is 1.28. The molecule has 1 aromatic rings. The Balaban J connectivity index is 3.21. The molecule has 0 bridgehead atoms. The van der Waals surface area contributed by atoms with Crippen LogP contribution >= 0.6 is 0 Å². The van der Waals surface area contributed by atoms with E-state index in [4.69, 9.17) is 15.9 Å². The van der Waals surface area contributed by atoms with Crippen molar-refractivity contribution >= 4 is 5.97 Å². The number of benzene rings is 1.